The van der Waals surface area contributed by atoms with E-state index in [1.165, 1.54) is 6.26 Å². The molecule has 0 radical (unpaired) electrons. The SMILES string of the molecule is CCCn1cc(Br)cc1C(=O)NCc1ccon1. The fourth-order valence-corrected chi connectivity index (χ4v) is 2.15. The lowest BCUT2D eigenvalue weighted by Crippen LogP contribution is -2.25. The van der Waals surface area contributed by atoms with Gasteiger partial charge in [0.25, 0.3) is 5.91 Å². The number of rotatable bonds is 5. The molecule has 6 heteroatoms. The van der Waals surface area contributed by atoms with E-state index in [-0.39, 0.29) is 5.91 Å². The second-order valence-electron chi connectivity index (χ2n) is 3.91. The van der Waals surface area contributed by atoms with Crippen LogP contribution in [-0.4, -0.2) is 15.6 Å². The maximum atomic E-state index is 12.0. The van der Waals surface area contributed by atoms with Crippen molar-refractivity contribution in [2.24, 2.45) is 0 Å². The molecule has 18 heavy (non-hydrogen) atoms. The van der Waals surface area contributed by atoms with Crippen LogP contribution in [0.3, 0.4) is 0 Å². The molecule has 5 nitrogen and oxygen atoms in total. The predicted molar refractivity (Wildman–Crippen MR) is 70.1 cm³/mol. The van der Waals surface area contributed by atoms with E-state index < -0.39 is 0 Å². The minimum Gasteiger partial charge on any atom is -0.364 e. The van der Waals surface area contributed by atoms with Crippen molar-refractivity contribution in [3.05, 3.63) is 40.5 Å². The quantitative estimate of drug-likeness (QED) is 0.923. The molecule has 0 unspecified atom stereocenters. The Labute approximate surface area is 113 Å². The van der Waals surface area contributed by atoms with Gasteiger partial charge in [0.2, 0.25) is 0 Å². The van der Waals surface area contributed by atoms with Crippen molar-refractivity contribution < 1.29 is 9.32 Å². The molecule has 0 aliphatic heterocycles. The van der Waals surface area contributed by atoms with Crippen LogP contribution in [0, 0.1) is 0 Å². The Morgan fingerprint density at radius 2 is 2.44 bits per heavy atom. The summed E-state index contributed by atoms with van der Waals surface area (Å²) in [6.07, 6.45) is 4.37. The van der Waals surface area contributed by atoms with Crippen LogP contribution in [0.5, 0.6) is 0 Å². The Morgan fingerprint density at radius 3 is 3.11 bits per heavy atom. The summed E-state index contributed by atoms with van der Waals surface area (Å²) in [4.78, 5) is 12.0. The van der Waals surface area contributed by atoms with Crippen LogP contribution >= 0.6 is 15.9 Å². The Bertz CT molecular complexity index is 519. The lowest BCUT2D eigenvalue weighted by Gasteiger charge is -2.07. The van der Waals surface area contributed by atoms with E-state index in [4.69, 9.17) is 4.52 Å². The Morgan fingerprint density at radius 1 is 1.61 bits per heavy atom. The average molecular weight is 312 g/mol. The van der Waals surface area contributed by atoms with Gasteiger partial charge in [0.15, 0.2) is 0 Å². The zero-order valence-electron chi connectivity index (χ0n) is 10.0. The second-order valence-corrected chi connectivity index (χ2v) is 4.83. The summed E-state index contributed by atoms with van der Waals surface area (Å²) in [5, 5.41) is 6.55. The van der Waals surface area contributed by atoms with Crippen LogP contribution in [0.2, 0.25) is 0 Å². The molecule has 0 aliphatic carbocycles. The molecule has 0 fully saturated rings. The predicted octanol–water partition coefficient (Wildman–Crippen LogP) is 2.58. The largest absolute Gasteiger partial charge is 0.364 e. The number of halogens is 1. The molecule has 96 valence electrons. The van der Waals surface area contributed by atoms with Crippen molar-refractivity contribution >= 4 is 21.8 Å². The maximum absolute atomic E-state index is 12.0. The molecule has 2 aromatic rings. The van der Waals surface area contributed by atoms with Gasteiger partial charge in [-0.25, -0.2) is 0 Å². The zero-order chi connectivity index (χ0) is 13.0. The molecule has 0 aromatic carbocycles. The molecule has 2 heterocycles. The van der Waals surface area contributed by atoms with Crippen molar-refractivity contribution in [3.63, 3.8) is 0 Å². The van der Waals surface area contributed by atoms with Crippen molar-refractivity contribution in [2.75, 3.05) is 0 Å². The topological polar surface area (TPSA) is 60.1 Å². The maximum Gasteiger partial charge on any atom is 0.268 e. The minimum atomic E-state index is -0.114. The van der Waals surface area contributed by atoms with Gasteiger partial charge < -0.3 is 14.4 Å². The summed E-state index contributed by atoms with van der Waals surface area (Å²) in [5.74, 6) is -0.114. The van der Waals surface area contributed by atoms with E-state index in [0.717, 1.165) is 17.4 Å². The number of hydrogen-bond acceptors (Lipinski definition) is 3. The smallest absolute Gasteiger partial charge is 0.268 e. The third-order valence-electron chi connectivity index (χ3n) is 2.48. The lowest BCUT2D eigenvalue weighted by molar-refractivity contribution is 0.0940. The molecule has 2 aromatic heterocycles. The van der Waals surface area contributed by atoms with Crippen molar-refractivity contribution in [1.29, 1.82) is 0 Å². The number of aromatic nitrogens is 2. The van der Waals surface area contributed by atoms with E-state index in [2.05, 4.69) is 33.3 Å². The highest BCUT2D eigenvalue weighted by molar-refractivity contribution is 9.10. The number of nitrogens with zero attached hydrogens (tertiary/aromatic N) is 2. The van der Waals surface area contributed by atoms with Crippen LogP contribution < -0.4 is 5.32 Å². The molecule has 1 N–H and O–H groups in total. The van der Waals surface area contributed by atoms with E-state index in [0.29, 0.717) is 17.9 Å². The normalized spacial score (nSPS) is 10.6. The first-order valence-electron chi connectivity index (χ1n) is 5.74. The zero-order valence-corrected chi connectivity index (χ0v) is 11.6. The van der Waals surface area contributed by atoms with Gasteiger partial charge in [0.1, 0.15) is 17.7 Å². The highest BCUT2D eigenvalue weighted by atomic mass is 79.9. The van der Waals surface area contributed by atoms with E-state index in [1.807, 2.05) is 16.8 Å². The molecule has 1 amide bonds. The number of amides is 1. The molecular formula is C12H14BrN3O2. The first-order valence-corrected chi connectivity index (χ1v) is 6.53. The van der Waals surface area contributed by atoms with Gasteiger partial charge in [-0.3, -0.25) is 4.79 Å². The third-order valence-corrected chi connectivity index (χ3v) is 2.92. The van der Waals surface area contributed by atoms with Gasteiger partial charge in [0, 0.05) is 23.3 Å². The lowest BCUT2D eigenvalue weighted by atomic mass is 10.3. The van der Waals surface area contributed by atoms with Crippen LogP contribution in [0.1, 0.15) is 29.5 Å². The van der Waals surface area contributed by atoms with Crippen molar-refractivity contribution in [1.82, 2.24) is 15.0 Å². The highest BCUT2D eigenvalue weighted by Gasteiger charge is 2.12. The Balaban J connectivity index is 2.03. The summed E-state index contributed by atoms with van der Waals surface area (Å²) in [6, 6.07) is 3.54. The molecule has 0 spiro atoms. The molecule has 0 aliphatic rings. The van der Waals surface area contributed by atoms with Crippen LogP contribution in [0.4, 0.5) is 0 Å². The second kappa shape index (κ2) is 5.86. The van der Waals surface area contributed by atoms with Gasteiger partial charge >= 0.3 is 0 Å². The number of carbonyl (C=O) groups excluding carboxylic acids is 1. The summed E-state index contributed by atoms with van der Waals surface area (Å²) in [6.45, 7) is 3.26. The Kier molecular flexibility index (Phi) is 4.19. The standard InChI is InChI=1S/C12H14BrN3O2/c1-2-4-16-8-9(13)6-11(16)12(17)14-7-10-3-5-18-15-10/h3,5-6,8H,2,4,7H2,1H3,(H,14,17). The molecule has 0 atom stereocenters. The highest BCUT2D eigenvalue weighted by Crippen LogP contribution is 2.15. The van der Waals surface area contributed by atoms with Crippen molar-refractivity contribution in [2.45, 2.75) is 26.4 Å². The fourth-order valence-electron chi connectivity index (χ4n) is 1.68. The molecule has 0 bridgehead atoms. The van der Waals surface area contributed by atoms with Gasteiger partial charge in [-0.15, -0.1) is 0 Å². The van der Waals surface area contributed by atoms with Crippen LogP contribution in [0.25, 0.3) is 0 Å². The third kappa shape index (κ3) is 3.01. The summed E-state index contributed by atoms with van der Waals surface area (Å²) < 4.78 is 7.54. The Hall–Kier alpha value is -1.56. The van der Waals surface area contributed by atoms with Gasteiger partial charge in [-0.1, -0.05) is 12.1 Å². The summed E-state index contributed by atoms with van der Waals surface area (Å²) in [5.41, 5.74) is 1.35. The van der Waals surface area contributed by atoms with Gasteiger partial charge in [-0.05, 0) is 28.4 Å². The van der Waals surface area contributed by atoms with E-state index in [1.54, 1.807) is 6.07 Å². The number of aryl methyl sites for hydroxylation is 1. The number of carbonyl (C=O) groups is 1. The first kappa shape index (κ1) is 12.9. The van der Waals surface area contributed by atoms with Gasteiger partial charge in [0.05, 0.1) is 6.54 Å². The van der Waals surface area contributed by atoms with Crippen LogP contribution in [-0.2, 0) is 13.1 Å². The molecular weight excluding hydrogens is 298 g/mol. The monoisotopic (exact) mass is 311 g/mol. The van der Waals surface area contributed by atoms with E-state index >= 15 is 0 Å². The molecule has 0 saturated carbocycles. The minimum absolute atomic E-state index is 0.114. The van der Waals surface area contributed by atoms with Gasteiger partial charge in [-0.2, -0.15) is 0 Å². The summed E-state index contributed by atoms with van der Waals surface area (Å²) in [7, 11) is 0. The van der Waals surface area contributed by atoms with Crippen molar-refractivity contribution in [3.8, 4) is 0 Å². The van der Waals surface area contributed by atoms with Crippen LogP contribution in [0.15, 0.2) is 33.6 Å². The van der Waals surface area contributed by atoms with E-state index in [9.17, 15) is 4.79 Å². The average Bonchev–Trinajstić information content (AvgIpc) is 2.96. The number of nitrogens with one attached hydrogen (secondary N) is 1. The molecule has 2 rings (SSSR count). The summed E-state index contributed by atoms with van der Waals surface area (Å²) >= 11 is 3.38. The molecule has 0 saturated heterocycles. The first-order chi connectivity index (χ1) is 8.70. The number of hydrogen-bond donors (Lipinski definition) is 1. The fraction of sp³-hybridized carbons (Fsp3) is 0.333.